The molecule has 1 saturated carbocycles. The number of carbonyl (C=O) groups excluding carboxylic acids is 1. The molecule has 5 rings (SSSR count). The van der Waals surface area contributed by atoms with Gasteiger partial charge in [0, 0.05) is 26.3 Å². The van der Waals surface area contributed by atoms with Crippen LogP contribution in [0.1, 0.15) is 60.3 Å². The minimum Gasteiger partial charge on any atom is -0.481 e. The smallest absolute Gasteiger partial charge is 0.307 e. The largest absolute Gasteiger partial charge is 0.481 e. The van der Waals surface area contributed by atoms with Crippen molar-refractivity contribution in [2.75, 3.05) is 19.0 Å². The third-order valence-corrected chi connectivity index (χ3v) is 8.77. The predicted molar refractivity (Wildman–Crippen MR) is 164 cm³/mol. The molecule has 1 aliphatic heterocycles. The van der Waals surface area contributed by atoms with Crippen molar-refractivity contribution >= 4 is 46.3 Å². The number of nitrogens with zero attached hydrogens (tertiary/aromatic N) is 3. The van der Waals surface area contributed by atoms with Crippen LogP contribution in [0.4, 0.5) is 15.8 Å². The number of carboxylic acid groups (broad SMARTS) is 1. The van der Waals surface area contributed by atoms with E-state index in [1.165, 1.54) is 72.0 Å². The van der Waals surface area contributed by atoms with E-state index >= 15 is 0 Å². The average Bonchev–Trinajstić information content (AvgIpc) is 3.23. The van der Waals surface area contributed by atoms with Gasteiger partial charge in [-0.3, -0.25) is 14.5 Å². The fraction of sp³-hybridized carbons (Fsp3) is 0.303. The Bertz CT molecular complexity index is 1480. The molecule has 2 aliphatic rings. The van der Waals surface area contributed by atoms with Crippen molar-refractivity contribution in [1.82, 2.24) is 4.90 Å². The van der Waals surface area contributed by atoms with Gasteiger partial charge in [0.1, 0.15) is 5.82 Å². The van der Waals surface area contributed by atoms with Gasteiger partial charge in [-0.15, -0.1) is 0 Å². The quantitative estimate of drug-likeness (QED) is 0.286. The van der Waals surface area contributed by atoms with Gasteiger partial charge in [-0.2, -0.15) is 0 Å². The molecule has 0 unspecified atom stereocenters. The summed E-state index contributed by atoms with van der Waals surface area (Å²) in [5.41, 5.74) is 5.13. The van der Waals surface area contributed by atoms with Crippen LogP contribution in [0.15, 0.2) is 76.6 Å². The lowest BCUT2D eigenvalue weighted by molar-refractivity contribution is -0.136. The Labute approximate surface area is 244 Å². The summed E-state index contributed by atoms with van der Waals surface area (Å²) in [5, 5.41) is 9.33. The van der Waals surface area contributed by atoms with Crippen molar-refractivity contribution in [2.45, 2.75) is 51.0 Å². The maximum atomic E-state index is 14.3. The Balaban J connectivity index is 1.22. The van der Waals surface area contributed by atoms with Crippen LogP contribution in [0.3, 0.4) is 0 Å². The molecular formula is C33H34FN3O3S. The van der Waals surface area contributed by atoms with Crippen LogP contribution in [0.5, 0.6) is 0 Å². The molecule has 1 N–H and O–H groups in total. The monoisotopic (exact) mass is 571 g/mol. The molecule has 0 spiro atoms. The number of carboxylic acids is 1. The molecule has 2 fully saturated rings. The van der Waals surface area contributed by atoms with Crippen LogP contribution in [0.25, 0.3) is 6.08 Å². The Morgan fingerprint density at radius 3 is 2.44 bits per heavy atom. The number of amidine groups is 1. The highest BCUT2D eigenvalue weighted by Crippen LogP contribution is 2.34. The van der Waals surface area contributed by atoms with Crippen molar-refractivity contribution < 1.29 is 19.1 Å². The number of aliphatic imine (C=N–C) groups is 1. The number of anilines is 1. The van der Waals surface area contributed by atoms with Gasteiger partial charge in [-0.05, 0) is 83.1 Å². The van der Waals surface area contributed by atoms with E-state index in [0.29, 0.717) is 21.7 Å². The molecule has 6 nitrogen and oxygen atoms in total. The van der Waals surface area contributed by atoms with E-state index in [1.807, 2.05) is 30.3 Å². The molecule has 8 heteroatoms. The number of halogens is 1. The Morgan fingerprint density at radius 1 is 1.07 bits per heavy atom. The van der Waals surface area contributed by atoms with Gasteiger partial charge in [0.15, 0.2) is 5.17 Å². The second-order valence-electron chi connectivity index (χ2n) is 10.7. The molecule has 1 amide bonds. The summed E-state index contributed by atoms with van der Waals surface area (Å²) < 4.78 is 14.3. The fourth-order valence-corrected chi connectivity index (χ4v) is 6.33. The summed E-state index contributed by atoms with van der Waals surface area (Å²) in [4.78, 5) is 32.3. The number of carbonyl (C=O) groups is 2. The van der Waals surface area contributed by atoms with E-state index in [9.17, 15) is 14.0 Å². The Morgan fingerprint density at radius 2 is 1.78 bits per heavy atom. The molecule has 3 aromatic carbocycles. The Kier molecular flexibility index (Phi) is 8.88. The van der Waals surface area contributed by atoms with Crippen LogP contribution in [0, 0.1) is 5.82 Å². The molecule has 0 bridgehead atoms. The lowest BCUT2D eigenvalue weighted by atomic mass is 9.84. The standard InChI is InChI=1S/C33H34FN3O3S/c1-36(21-23-8-12-25(13-9-23)24-6-4-3-5-7-24)28-16-10-22(11-17-28)18-30-32(40)37(2)33(41-30)35-27-15-14-26(19-31(38)39)29(34)20-27/h8-18,20,24H,3-7,19,21H2,1-2H3,(H,38,39). The van der Waals surface area contributed by atoms with E-state index in [1.54, 1.807) is 13.1 Å². The molecule has 1 saturated heterocycles. The molecule has 0 aromatic heterocycles. The van der Waals surface area contributed by atoms with Gasteiger partial charge in [-0.25, -0.2) is 9.38 Å². The van der Waals surface area contributed by atoms with Gasteiger partial charge in [0.25, 0.3) is 5.91 Å². The van der Waals surface area contributed by atoms with Crippen LogP contribution >= 0.6 is 11.8 Å². The Hall–Kier alpha value is -3.91. The van der Waals surface area contributed by atoms with Crippen molar-refractivity contribution in [3.8, 4) is 0 Å². The normalized spacial score (nSPS) is 17.9. The first-order valence-electron chi connectivity index (χ1n) is 13.9. The van der Waals surface area contributed by atoms with Gasteiger partial charge < -0.3 is 10.0 Å². The minimum absolute atomic E-state index is 0.0900. The highest BCUT2D eigenvalue weighted by atomic mass is 32.2. The number of hydrogen-bond acceptors (Lipinski definition) is 5. The van der Waals surface area contributed by atoms with Crippen molar-refractivity contribution in [1.29, 1.82) is 0 Å². The third kappa shape index (κ3) is 7.06. The number of thioether (sulfide) groups is 1. The first-order chi connectivity index (χ1) is 19.8. The molecular weight excluding hydrogens is 537 g/mol. The highest BCUT2D eigenvalue weighted by Gasteiger charge is 2.30. The van der Waals surface area contributed by atoms with Crippen molar-refractivity contribution in [2.24, 2.45) is 4.99 Å². The van der Waals surface area contributed by atoms with Crippen molar-refractivity contribution in [3.05, 3.63) is 99.7 Å². The van der Waals surface area contributed by atoms with E-state index in [4.69, 9.17) is 5.11 Å². The maximum absolute atomic E-state index is 14.3. The van der Waals surface area contributed by atoms with E-state index < -0.39 is 18.2 Å². The summed E-state index contributed by atoms with van der Waals surface area (Å²) in [6, 6.07) is 21.3. The third-order valence-electron chi connectivity index (χ3n) is 7.71. The first kappa shape index (κ1) is 28.6. The zero-order valence-electron chi connectivity index (χ0n) is 23.3. The van der Waals surface area contributed by atoms with E-state index in [-0.39, 0.29) is 11.5 Å². The van der Waals surface area contributed by atoms with Crippen molar-refractivity contribution in [3.63, 3.8) is 0 Å². The number of likely N-dealkylation sites (N-methyl/N-ethyl adjacent to an activating group) is 1. The number of benzene rings is 3. The van der Waals surface area contributed by atoms with Gasteiger partial charge >= 0.3 is 5.97 Å². The summed E-state index contributed by atoms with van der Waals surface area (Å²) in [6.45, 7) is 0.808. The lowest BCUT2D eigenvalue weighted by Crippen LogP contribution is -2.23. The summed E-state index contributed by atoms with van der Waals surface area (Å²) in [5.74, 6) is -1.21. The summed E-state index contributed by atoms with van der Waals surface area (Å²) >= 11 is 1.22. The van der Waals surface area contributed by atoms with Gasteiger partial charge in [-0.1, -0.05) is 61.7 Å². The maximum Gasteiger partial charge on any atom is 0.307 e. The highest BCUT2D eigenvalue weighted by molar-refractivity contribution is 8.18. The topological polar surface area (TPSA) is 73.2 Å². The molecule has 0 atom stereocenters. The fourth-order valence-electron chi connectivity index (χ4n) is 5.35. The molecule has 0 radical (unpaired) electrons. The number of aliphatic carboxylic acids is 1. The molecule has 41 heavy (non-hydrogen) atoms. The van der Waals surface area contributed by atoms with E-state index in [0.717, 1.165) is 17.8 Å². The van der Waals surface area contributed by atoms with Crippen LogP contribution in [0.2, 0.25) is 0 Å². The van der Waals surface area contributed by atoms with E-state index in [2.05, 4.69) is 41.2 Å². The molecule has 1 heterocycles. The molecule has 212 valence electrons. The number of hydrogen-bond donors (Lipinski definition) is 1. The van der Waals surface area contributed by atoms with Crippen LogP contribution < -0.4 is 4.90 Å². The van der Waals surface area contributed by atoms with Gasteiger partial charge in [0.2, 0.25) is 0 Å². The second-order valence-corrected chi connectivity index (χ2v) is 11.7. The first-order valence-corrected chi connectivity index (χ1v) is 14.7. The lowest BCUT2D eigenvalue weighted by Gasteiger charge is -2.23. The minimum atomic E-state index is -1.10. The number of amides is 1. The molecule has 1 aliphatic carbocycles. The SMILES string of the molecule is CN1C(=O)C(=Cc2ccc(N(C)Cc3ccc(C4CCCCC4)cc3)cc2)SC1=Nc1ccc(CC(=O)O)c(F)c1. The zero-order chi connectivity index (χ0) is 28.9. The van der Waals surface area contributed by atoms with Crippen LogP contribution in [-0.2, 0) is 22.6 Å². The second kappa shape index (κ2) is 12.7. The summed E-state index contributed by atoms with van der Waals surface area (Å²) in [6.07, 6.45) is 8.09. The van der Waals surface area contributed by atoms with Crippen LogP contribution in [-0.4, -0.2) is 41.1 Å². The zero-order valence-corrected chi connectivity index (χ0v) is 24.2. The average molecular weight is 572 g/mol. The van der Waals surface area contributed by atoms with Gasteiger partial charge in [0.05, 0.1) is 17.0 Å². The predicted octanol–water partition coefficient (Wildman–Crippen LogP) is 7.37. The summed E-state index contributed by atoms with van der Waals surface area (Å²) in [7, 11) is 3.71. The molecule has 3 aromatic rings. The number of rotatable bonds is 8.